The third kappa shape index (κ3) is 3.15. The molecule has 2 aromatic carbocycles. The number of anilines is 1. The molecule has 4 heteroatoms. The Balaban J connectivity index is 2.15. The number of benzene rings is 2. The highest BCUT2D eigenvalue weighted by atomic mass is 19.1. The Hall–Kier alpha value is -2.36. The maximum atomic E-state index is 13.2. The molecule has 0 spiro atoms. The average Bonchev–Trinajstić information content (AvgIpc) is 2.47. The monoisotopic (exact) mass is 272 g/mol. The Kier molecular flexibility index (Phi) is 4.35. The fraction of sp³-hybridized carbons (Fsp3) is 0.188. The van der Waals surface area contributed by atoms with Gasteiger partial charge in [-0.3, -0.25) is 4.79 Å². The lowest BCUT2D eigenvalue weighted by Gasteiger charge is -2.16. The Morgan fingerprint density at radius 3 is 2.60 bits per heavy atom. The van der Waals surface area contributed by atoms with Gasteiger partial charge in [0.25, 0.3) is 5.91 Å². The quantitative estimate of drug-likeness (QED) is 0.896. The first kappa shape index (κ1) is 14.1. The summed E-state index contributed by atoms with van der Waals surface area (Å²) < 4.78 is 13.2. The molecule has 0 aliphatic heterocycles. The van der Waals surface area contributed by atoms with E-state index in [0.717, 1.165) is 11.3 Å². The second-order valence-corrected chi connectivity index (χ2v) is 4.55. The van der Waals surface area contributed by atoms with E-state index < -0.39 is 0 Å². The van der Waals surface area contributed by atoms with Gasteiger partial charge in [0, 0.05) is 12.7 Å². The van der Waals surface area contributed by atoms with Gasteiger partial charge in [-0.2, -0.15) is 0 Å². The van der Waals surface area contributed by atoms with Crippen LogP contribution >= 0.6 is 0 Å². The number of rotatable bonds is 4. The summed E-state index contributed by atoms with van der Waals surface area (Å²) in [6.07, 6.45) is 0. The van der Waals surface area contributed by atoms with Crippen LogP contribution in [0.2, 0.25) is 0 Å². The van der Waals surface area contributed by atoms with E-state index in [4.69, 9.17) is 0 Å². The van der Waals surface area contributed by atoms with Crippen molar-refractivity contribution in [2.45, 2.75) is 13.0 Å². The number of nitrogens with one attached hydrogen (secondary N) is 2. The molecular weight excluding hydrogens is 255 g/mol. The number of hydrogen-bond acceptors (Lipinski definition) is 2. The van der Waals surface area contributed by atoms with E-state index in [1.165, 1.54) is 12.1 Å². The molecule has 1 atom stereocenters. The predicted molar refractivity (Wildman–Crippen MR) is 78.3 cm³/mol. The SMILES string of the molecule is CNc1ccccc1C(=O)N[C@H](C)c1cccc(F)c1. The number of hydrogen-bond donors (Lipinski definition) is 2. The summed E-state index contributed by atoms with van der Waals surface area (Å²) in [7, 11) is 1.77. The Labute approximate surface area is 117 Å². The molecule has 1 amide bonds. The van der Waals surface area contributed by atoms with E-state index >= 15 is 0 Å². The molecule has 2 aromatic rings. The Bertz CT molecular complexity index is 613. The van der Waals surface area contributed by atoms with Crippen LogP contribution in [0.5, 0.6) is 0 Å². The van der Waals surface area contributed by atoms with Gasteiger partial charge in [-0.15, -0.1) is 0 Å². The van der Waals surface area contributed by atoms with Crippen LogP contribution in [0, 0.1) is 5.82 Å². The number of para-hydroxylation sites is 1. The standard InChI is InChI=1S/C16H17FN2O/c1-11(12-6-5-7-13(17)10-12)19-16(20)14-8-3-4-9-15(14)18-2/h3-11,18H,1-2H3,(H,19,20)/t11-/m1/s1. The van der Waals surface area contributed by atoms with Gasteiger partial charge in [0.2, 0.25) is 0 Å². The lowest BCUT2D eigenvalue weighted by Crippen LogP contribution is -2.27. The van der Waals surface area contributed by atoms with Crippen LogP contribution in [-0.2, 0) is 0 Å². The predicted octanol–water partition coefficient (Wildman–Crippen LogP) is 3.36. The van der Waals surface area contributed by atoms with Crippen molar-refractivity contribution in [2.75, 3.05) is 12.4 Å². The van der Waals surface area contributed by atoms with Gasteiger partial charge >= 0.3 is 0 Å². The molecule has 0 heterocycles. The van der Waals surface area contributed by atoms with Gasteiger partial charge < -0.3 is 10.6 Å². The van der Waals surface area contributed by atoms with Crippen LogP contribution < -0.4 is 10.6 Å². The van der Waals surface area contributed by atoms with Crippen molar-refractivity contribution in [2.24, 2.45) is 0 Å². The topological polar surface area (TPSA) is 41.1 Å². The average molecular weight is 272 g/mol. The molecule has 0 radical (unpaired) electrons. The molecule has 0 fully saturated rings. The van der Waals surface area contributed by atoms with Gasteiger partial charge in [-0.05, 0) is 36.8 Å². The first-order chi connectivity index (χ1) is 9.61. The lowest BCUT2D eigenvalue weighted by atomic mass is 10.1. The molecule has 0 aliphatic carbocycles. The molecule has 0 unspecified atom stereocenters. The minimum absolute atomic E-state index is 0.188. The minimum Gasteiger partial charge on any atom is -0.387 e. The van der Waals surface area contributed by atoms with Gasteiger partial charge in [-0.1, -0.05) is 24.3 Å². The van der Waals surface area contributed by atoms with E-state index in [1.807, 2.05) is 25.1 Å². The molecule has 0 saturated carbocycles. The summed E-state index contributed by atoms with van der Waals surface area (Å²) in [6, 6.07) is 13.2. The van der Waals surface area contributed by atoms with Crippen molar-refractivity contribution in [3.63, 3.8) is 0 Å². The second-order valence-electron chi connectivity index (χ2n) is 4.55. The van der Waals surface area contributed by atoms with E-state index in [1.54, 1.807) is 25.2 Å². The summed E-state index contributed by atoms with van der Waals surface area (Å²) in [5, 5.41) is 5.85. The fourth-order valence-electron chi connectivity index (χ4n) is 2.03. The number of carbonyl (C=O) groups is 1. The van der Waals surface area contributed by atoms with Crippen molar-refractivity contribution in [1.82, 2.24) is 5.32 Å². The summed E-state index contributed by atoms with van der Waals surface area (Å²) >= 11 is 0. The number of halogens is 1. The Morgan fingerprint density at radius 2 is 1.90 bits per heavy atom. The third-order valence-electron chi connectivity index (χ3n) is 3.14. The molecule has 104 valence electrons. The summed E-state index contributed by atoms with van der Waals surface area (Å²) in [6.45, 7) is 1.83. The zero-order valence-corrected chi connectivity index (χ0v) is 11.5. The third-order valence-corrected chi connectivity index (χ3v) is 3.14. The molecule has 0 aliphatic rings. The van der Waals surface area contributed by atoms with E-state index in [9.17, 15) is 9.18 Å². The van der Waals surface area contributed by atoms with Crippen LogP contribution in [0.15, 0.2) is 48.5 Å². The highest BCUT2D eigenvalue weighted by Crippen LogP contribution is 2.17. The van der Waals surface area contributed by atoms with E-state index in [0.29, 0.717) is 5.56 Å². The smallest absolute Gasteiger partial charge is 0.253 e. The van der Waals surface area contributed by atoms with Crippen LogP contribution in [-0.4, -0.2) is 13.0 Å². The highest BCUT2D eigenvalue weighted by Gasteiger charge is 2.14. The normalized spacial score (nSPS) is 11.8. The lowest BCUT2D eigenvalue weighted by molar-refractivity contribution is 0.0940. The molecule has 0 saturated heterocycles. The first-order valence-corrected chi connectivity index (χ1v) is 6.45. The van der Waals surface area contributed by atoms with Crippen LogP contribution in [0.25, 0.3) is 0 Å². The molecule has 2 N–H and O–H groups in total. The number of carbonyl (C=O) groups excluding carboxylic acids is 1. The molecular formula is C16H17FN2O. The molecule has 3 nitrogen and oxygen atoms in total. The maximum Gasteiger partial charge on any atom is 0.253 e. The zero-order valence-electron chi connectivity index (χ0n) is 11.5. The summed E-state index contributed by atoms with van der Waals surface area (Å²) in [5.41, 5.74) is 2.06. The van der Waals surface area contributed by atoms with E-state index in [-0.39, 0.29) is 17.8 Å². The van der Waals surface area contributed by atoms with Crippen molar-refractivity contribution in [3.8, 4) is 0 Å². The molecule has 20 heavy (non-hydrogen) atoms. The minimum atomic E-state index is -0.306. The van der Waals surface area contributed by atoms with Gasteiger partial charge in [0.05, 0.1) is 11.6 Å². The highest BCUT2D eigenvalue weighted by molar-refractivity contribution is 5.99. The van der Waals surface area contributed by atoms with Gasteiger partial charge in [0.1, 0.15) is 5.82 Å². The van der Waals surface area contributed by atoms with Crippen molar-refractivity contribution in [3.05, 3.63) is 65.5 Å². The number of amides is 1. The maximum absolute atomic E-state index is 13.2. The molecule has 2 rings (SSSR count). The van der Waals surface area contributed by atoms with Crippen molar-refractivity contribution in [1.29, 1.82) is 0 Å². The fourth-order valence-corrected chi connectivity index (χ4v) is 2.03. The van der Waals surface area contributed by atoms with Crippen molar-refractivity contribution < 1.29 is 9.18 Å². The molecule has 0 bridgehead atoms. The van der Waals surface area contributed by atoms with Crippen LogP contribution in [0.3, 0.4) is 0 Å². The largest absolute Gasteiger partial charge is 0.387 e. The van der Waals surface area contributed by atoms with Crippen LogP contribution in [0.4, 0.5) is 10.1 Å². The summed E-state index contributed by atoms with van der Waals surface area (Å²) in [5.74, 6) is -0.495. The van der Waals surface area contributed by atoms with Gasteiger partial charge in [0.15, 0.2) is 0 Å². The van der Waals surface area contributed by atoms with Crippen molar-refractivity contribution >= 4 is 11.6 Å². The first-order valence-electron chi connectivity index (χ1n) is 6.45. The van der Waals surface area contributed by atoms with Gasteiger partial charge in [-0.25, -0.2) is 4.39 Å². The van der Waals surface area contributed by atoms with Crippen LogP contribution in [0.1, 0.15) is 28.9 Å². The van der Waals surface area contributed by atoms with E-state index in [2.05, 4.69) is 10.6 Å². The summed E-state index contributed by atoms with van der Waals surface area (Å²) in [4.78, 5) is 12.2. The second kappa shape index (κ2) is 6.19. The zero-order chi connectivity index (χ0) is 14.5. The Morgan fingerprint density at radius 1 is 1.15 bits per heavy atom. The molecule has 0 aromatic heterocycles.